The quantitative estimate of drug-likeness (QED) is 0.790. The number of nitrogens with zero attached hydrogens (tertiary/aromatic N) is 1. The number of rotatable bonds is 4. The summed E-state index contributed by atoms with van der Waals surface area (Å²) in [7, 11) is 1.24. The zero-order valence-corrected chi connectivity index (χ0v) is 12.1. The van der Waals surface area contributed by atoms with Crippen molar-refractivity contribution in [2.45, 2.75) is 12.5 Å². The molecule has 0 bridgehead atoms. The van der Waals surface area contributed by atoms with Crippen molar-refractivity contribution in [2.24, 2.45) is 0 Å². The van der Waals surface area contributed by atoms with Crippen LogP contribution in [-0.2, 0) is 19.1 Å². The number of hydrazine groups is 1. The molecular weight excluding hydrogens is 290 g/mol. The molecule has 0 aromatic heterocycles. The molecule has 1 aliphatic heterocycles. The minimum Gasteiger partial charge on any atom is -0.469 e. The summed E-state index contributed by atoms with van der Waals surface area (Å²) in [6.07, 6.45) is -1.13. The van der Waals surface area contributed by atoms with E-state index in [4.69, 9.17) is 4.74 Å². The standard InChI is InChI=1S/C14H17N3O5/c1-21-12(18)9-11-13(19)17(7-8-22-11)16-14(20)15-10-5-3-2-4-6-10/h2-6,11H,7-9H2,1H3,(H2,15,16,20)/t11-/m1/s1. The molecule has 0 radical (unpaired) electrons. The fourth-order valence-corrected chi connectivity index (χ4v) is 1.94. The van der Waals surface area contributed by atoms with Crippen molar-refractivity contribution >= 4 is 23.6 Å². The molecule has 1 saturated heterocycles. The first-order valence-electron chi connectivity index (χ1n) is 6.72. The number of benzene rings is 1. The van der Waals surface area contributed by atoms with E-state index in [9.17, 15) is 14.4 Å². The van der Waals surface area contributed by atoms with E-state index < -0.39 is 24.0 Å². The van der Waals surface area contributed by atoms with Gasteiger partial charge in [0.15, 0.2) is 0 Å². The molecule has 3 amide bonds. The maximum Gasteiger partial charge on any atom is 0.338 e. The number of nitrogens with one attached hydrogen (secondary N) is 2. The molecular formula is C14H17N3O5. The van der Waals surface area contributed by atoms with Crippen molar-refractivity contribution in [2.75, 3.05) is 25.6 Å². The lowest BCUT2D eigenvalue weighted by atomic mass is 10.2. The van der Waals surface area contributed by atoms with Crippen molar-refractivity contribution in [3.63, 3.8) is 0 Å². The number of anilines is 1. The summed E-state index contributed by atoms with van der Waals surface area (Å²) < 4.78 is 9.74. The minimum atomic E-state index is -0.946. The van der Waals surface area contributed by atoms with Gasteiger partial charge in [0.2, 0.25) is 0 Å². The van der Waals surface area contributed by atoms with Crippen LogP contribution < -0.4 is 10.7 Å². The maximum absolute atomic E-state index is 12.1. The number of hydrogen-bond donors (Lipinski definition) is 2. The van der Waals surface area contributed by atoms with Gasteiger partial charge in [-0.25, -0.2) is 15.2 Å². The van der Waals surface area contributed by atoms with Gasteiger partial charge in [0, 0.05) is 5.69 Å². The number of morpholine rings is 1. The van der Waals surface area contributed by atoms with E-state index in [0.29, 0.717) is 5.69 Å². The molecule has 1 heterocycles. The molecule has 118 valence electrons. The normalized spacial score (nSPS) is 17.8. The van der Waals surface area contributed by atoms with Crippen LogP contribution in [0.2, 0.25) is 0 Å². The van der Waals surface area contributed by atoms with Crippen molar-refractivity contribution in [3.05, 3.63) is 30.3 Å². The van der Waals surface area contributed by atoms with E-state index in [2.05, 4.69) is 15.5 Å². The number of hydrogen-bond acceptors (Lipinski definition) is 5. The molecule has 0 unspecified atom stereocenters. The Balaban J connectivity index is 1.90. The average Bonchev–Trinajstić information content (AvgIpc) is 2.52. The van der Waals surface area contributed by atoms with E-state index in [-0.39, 0.29) is 19.6 Å². The average molecular weight is 307 g/mol. The van der Waals surface area contributed by atoms with Crippen LogP contribution in [-0.4, -0.2) is 49.3 Å². The first kappa shape index (κ1) is 15.8. The summed E-state index contributed by atoms with van der Waals surface area (Å²) in [5, 5.41) is 3.73. The van der Waals surface area contributed by atoms with Gasteiger partial charge in [0.05, 0.1) is 26.7 Å². The molecule has 1 aromatic carbocycles. The summed E-state index contributed by atoms with van der Waals surface area (Å²) in [6.45, 7) is 0.428. The third-order valence-electron chi connectivity index (χ3n) is 3.02. The number of esters is 1. The number of carbonyl (C=O) groups excluding carboxylic acids is 3. The smallest absolute Gasteiger partial charge is 0.338 e. The van der Waals surface area contributed by atoms with Crippen molar-refractivity contribution in [3.8, 4) is 0 Å². The van der Waals surface area contributed by atoms with Crippen LogP contribution >= 0.6 is 0 Å². The third-order valence-corrected chi connectivity index (χ3v) is 3.02. The SMILES string of the molecule is COC(=O)C[C@H]1OCCN(NC(=O)Nc2ccccc2)C1=O. The zero-order valence-electron chi connectivity index (χ0n) is 12.1. The van der Waals surface area contributed by atoms with Crippen molar-refractivity contribution < 1.29 is 23.9 Å². The van der Waals surface area contributed by atoms with Crippen LogP contribution in [0.5, 0.6) is 0 Å². The molecule has 8 heteroatoms. The number of carbonyl (C=O) groups is 3. The van der Waals surface area contributed by atoms with E-state index in [1.165, 1.54) is 7.11 Å². The number of methoxy groups -OCH3 is 1. The van der Waals surface area contributed by atoms with Gasteiger partial charge in [0.25, 0.3) is 5.91 Å². The summed E-state index contributed by atoms with van der Waals surface area (Å²) in [4.78, 5) is 35.2. The highest BCUT2D eigenvalue weighted by atomic mass is 16.5. The van der Waals surface area contributed by atoms with Gasteiger partial charge in [-0.05, 0) is 12.1 Å². The van der Waals surface area contributed by atoms with Crippen LogP contribution in [0.3, 0.4) is 0 Å². The van der Waals surface area contributed by atoms with E-state index in [1.807, 2.05) is 6.07 Å². The van der Waals surface area contributed by atoms with Gasteiger partial charge in [-0.3, -0.25) is 9.59 Å². The van der Waals surface area contributed by atoms with Crippen molar-refractivity contribution in [1.29, 1.82) is 0 Å². The zero-order chi connectivity index (χ0) is 15.9. The summed E-state index contributed by atoms with van der Waals surface area (Å²) in [5.74, 6) is -1.03. The molecule has 2 rings (SSSR count). The Morgan fingerprint density at radius 3 is 2.77 bits per heavy atom. The predicted molar refractivity (Wildman–Crippen MR) is 76.7 cm³/mol. The lowest BCUT2D eigenvalue weighted by Gasteiger charge is -2.31. The molecule has 1 atom stereocenters. The molecule has 1 aromatic rings. The molecule has 2 N–H and O–H groups in total. The highest BCUT2D eigenvalue weighted by Crippen LogP contribution is 2.10. The largest absolute Gasteiger partial charge is 0.469 e. The number of urea groups is 1. The Kier molecular flexibility index (Phi) is 5.31. The van der Waals surface area contributed by atoms with Gasteiger partial charge in [0.1, 0.15) is 6.10 Å². The Labute approximate surface area is 127 Å². The van der Waals surface area contributed by atoms with Crippen LogP contribution in [0.25, 0.3) is 0 Å². The number of amides is 3. The van der Waals surface area contributed by atoms with Crippen LogP contribution in [0, 0.1) is 0 Å². The molecule has 0 saturated carbocycles. The van der Waals surface area contributed by atoms with E-state index in [0.717, 1.165) is 5.01 Å². The highest BCUT2D eigenvalue weighted by molar-refractivity contribution is 5.92. The first-order valence-corrected chi connectivity index (χ1v) is 6.72. The molecule has 8 nitrogen and oxygen atoms in total. The molecule has 22 heavy (non-hydrogen) atoms. The van der Waals surface area contributed by atoms with Crippen LogP contribution in [0.15, 0.2) is 30.3 Å². The summed E-state index contributed by atoms with van der Waals surface area (Å²) >= 11 is 0. The Bertz CT molecular complexity index is 549. The minimum absolute atomic E-state index is 0.187. The van der Waals surface area contributed by atoms with Gasteiger partial charge in [-0.1, -0.05) is 18.2 Å². The van der Waals surface area contributed by atoms with Gasteiger partial charge < -0.3 is 14.8 Å². The van der Waals surface area contributed by atoms with Gasteiger partial charge >= 0.3 is 12.0 Å². The number of ether oxygens (including phenoxy) is 2. The second kappa shape index (κ2) is 7.41. The summed E-state index contributed by atoms with van der Waals surface area (Å²) in [6, 6.07) is 8.29. The first-order chi connectivity index (χ1) is 10.6. The fraction of sp³-hybridized carbons (Fsp3) is 0.357. The molecule has 0 spiro atoms. The second-order valence-electron chi connectivity index (χ2n) is 4.56. The molecule has 0 aliphatic carbocycles. The second-order valence-corrected chi connectivity index (χ2v) is 4.56. The topological polar surface area (TPSA) is 97.0 Å². The molecule has 1 aliphatic rings. The van der Waals surface area contributed by atoms with Crippen LogP contribution in [0.4, 0.5) is 10.5 Å². The van der Waals surface area contributed by atoms with Gasteiger partial charge in [-0.2, -0.15) is 0 Å². The van der Waals surface area contributed by atoms with E-state index in [1.54, 1.807) is 24.3 Å². The van der Waals surface area contributed by atoms with Crippen LogP contribution in [0.1, 0.15) is 6.42 Å². The summed E-state index contributed by atoms with van der Waals surface area (Å²) in [5.41, 5.74) is 3.04. The van der Waals surface area contributed by atoms with Crippen molar-refractivity contribution in [1.82, 2.24) is 10.4 Å². The Morgan fingerprint density at radius 1 is 1.36 bits per heavy atom. The lowest BCUT2D eigenvalue weighted by molar-refractivity contribution is -0.162. The third kappa shape index (κ3) is 4.19. The Morgan fingerprint density at radius 2 is 2.09 bits per heavy atom. The number of para-hydroxylation sites is 1. The fourth-order valence-electron chi connectivity index (χ4n) is 1.94. The predicted octanol–water partition coefficient (Wildman–Crippen LogP) is 0.514. The molecule has 1 fully saturated rings. The monoisotopic (exact) mass is 307 g/mol. The maximum atomic E-state index is 12.1. The van der Waals surface area contributed by atoms with E-state index >= 15 is 0 Å². The van der Waals surface area contributed by atoms with Gasteiger partial charge in [-0.15, -0.1) is 0 Å². The Hall–Kier alpha value is -2.61. The highest BCUT2D eigenvalue weighted by Gasteiger charge is 2.32. The lowest BCUT2D eigenvalue weighted by Crippen LogP contribution is -2.56.